The molecule has 0 spiro atoms. The second-order valence-corrected chi connectivity index (χ2v) is 9.30. The Balaban J connectivity index is 1.66. The number of rotatable bonds is 2. The Morgan fingerprint density at radius 3 is 2.38 bits per heavy atom. The van der Waals surface area contributed by atoms with E-state index < -0.39 is 5.60 Å². The molecule has 5 nitrogen and oxygen atoms in total. The van der Waals surface area contributed by atoms with Gasteiger partial charge in [-0.1, -0.05) is 11.6 Å². The summed E-state index contributed by atoms with van der Waals surface area (Å²) in [4.78, 5) is 27.0. The van der Waals surface area contributed by atoms with Crippen molar-refractivity contribution in [2.75, 3.05) is 0 Å². The second-order valence-electron chi connectivity index (χ2n) is 8.04. The summed E-state index contributed by atoms with van der Waals surface area (Å²) in [7, 11) is 0. The normalized spacial score (nSPS) is 25.1. The quantitative estimate of drug-likeness (QED) is 0.717. The number of fused-ring (bicyclic) bond motifs is 2. The summed E-state index contributed by atoms with van der Waals surface area (Å²) in [5, 5.41) is 3.56. The third kappa shape index (κ3) is 4.34. The molecule has 0 radical (unpaired) electrons. The molecule has 2 amide bonds. The smallest absolute Gasteiger partial charge is 0.407 e. The van der Waals surface area contributed by atoms with Gasteiger partial charge < -0.3 is 15.0 Å². The number of benzene rings is 1. The summed E-state index contributed by atoms with van der Waals surface area (Å²) in [6, 6.07) is 5.61. The maximum absolute atomic E-state index is 13.0. The van der Waals surface area contributed by atoms with Gasteiger partial charge in [0.25, 0.3) is 5.91 Å². The van der Waals surface area contributed by atoms with Crippen LogP contribution in [0.3, 0.4) is 0 Å². The van der Waals surface area contributed by atoms with Crippen molar-refractivity contribution in [3.05, 3.63) is 33.3 Å². The number of halogens is 2. The van der Waals surface area contributed by atoms with Crippen LogP contribution >= 0.6 is 27.5 Å². The SMILES string of the molecule is CC(C)(C)OC(=O)NC1CC2CCC(C1)N2C(=O)c1ccc(Cl)c(Br)c1. The van der Waals surface area contributed by atoms with Gasteiger partial charge in [-0.05, 0) is 80.6 Å². The van der Waals surface area contributed by atoms with Gasteiger partial charge in [0, 0.05) is 28.2 Å². The maximum atomic E-state index is 13.0. The summed E-state index contributed by atoms with van der Waals surface area (Å²) in [5.41, 5.74) is 0.124. The highest BCUT2D eigenvalue weighted by atomic mass is 79.9. The number of nitrogens with zero attached hydrogens (tertiary/aromatic N) is 1. The maximum Gasteiger partial charge on any atom is 0.407 e. The summed E-state index contributed by atoms with van der Waals surface area (Å²) >= 11 is 9.41. The minimum atomic E-state index is -0.512. The van der Waals surface area contributed by atoms with Crippen LogP contribution < -0.4 is 5.32 Å². The number of nitrogens with one attached hydrogen (secondary N) is 1. The van der Waals surface area contributed by atoms with Crippen LogP contribution in [0.2, 0.25) is 5.02 Å². The monoisotopic (exact) mass is 442 g/mol. The lowest BCUT2D eigenvalue weighted by molar-refractivity contribution is 0.0418. The first-order chi connectivity index (χ1) is 12.1. The Bertz CT molecular complexity index is 705. The molecule has 7 heteroatoms. The van der Waals surface area contributed by atoms with Gasteiger partial charge in [0.1, 0.15) is 5.60 Å². The van der Waals surface area contributed by atoms with E-state index >= 15 is 0 Å². The predicted molar refractivity (Wildman–Crippen MR) is 105 cm³/mol. The molecule has 2 saturated heterocycles. The predicted octanol–water partition coefficient (Wildman–Crippen LogP) is 4.76. The van der Waals surface area contributed by atoms with Gasteiger partial charge >= 0.3 is 6.09 Å². The van der Waals surface area contributed by atoms with Crippen LogP contribution in [0.1, 0.15) is 56.8 Å². The number of carbonyl (C=O) groups excluding carboxylic acids is 2. The number of hydrogen-bond acceptors (Lipinski definition) is 3. The van der Waals surface area contributed by atoms with Gasteiger partial charge in [0.15, 0.2) is 0 Å². The van der Waals surface area contributed by atoms with E-state index in [1.807, 2.05) is 25.7 Å². The molecular weight excluding hydrogens is 420 g/mol. The third-order valence-corrected chi connectivity index (χ3v) is 6.07. The first-order valence-corrected chi connectivity index (χ1v) is 10.1. The number of alkyl carbamates (subject to hydrolysis) is 1. The topological polar surface area (TPSA) is 58.6 Å². The minimum Gasteiger partial charge on any atom is -0.444 e. The van der Waals surface area contributed by atoms with Gasteiger partial charge in [-0.2, -0.15) is 0 Å². The third-order valence-electron chi connectivity index (χ3n) is 4.86. The lowest BCUT2D eigenvalue weighted by atomic mass is 9.96. The highest BCUT2D eigenvalue weighted by Crippen LogP contribution is 2.37. The highest BCUT2D eigenvalue weighted by molar-refractivity contribution is 9.10. The molecule has 1 N–H and O–H groups in total. The van der Waals surface area contributed by atoms with E-state index in [0.717, 1.165) is 30.2 Å². The summed E-state index contributed by atoms with van der Waals surface area (Å²) in [5.74, 6) is 0.0329. The van der Waals surface area contributed by atoms with E-state index in [1.54, 1.807) is 18.2 Å². The van der Waals surface area contributed by atoms with Crippen LogP contribution in [0.4, 0.5) is 4.79 Å². The molecule has 1 aromatic rings. The van der Waals surface area contributed by atoms with E-state index in [0.29, 0.717) is 10.6 Å². The zero-order chi connectivity index (χ0) is 19.1. The number of ether oxygens (including phenoxy) is 1. The lowest BCUT2D eigenvalue weighted by Crippen LogP contribution is -2.53. The van der Waals surface area contributed by atoms with Crippen LogP contribution in [0, 0.1) is 0 Å². The van der Waals surface area contributed by atoms with Crippen molar-refractivity contribution in [2.24, 2.45) is 0 Å². The van der Waals surface area contributed by atoms with Crippen LogP contribution in [-0.2, 0) is 4.74 Å². The molecule has 2 heterocycles. The van der Waals surface area contributed by atoms with Crippen molar-refractivity contribution in [1.82, 2.24) is 10.2 Å². The first-order valence-electron chi connectivity index (χ1n) is 8.91. The summed E-state index contributed by atoms with van der Waals surface area (Å²) in [6.45, 7) is 5.55. The second kappa shape index (κ2) is 7.39. The van der Waals surface area contributed by atoms with Crippen molar-refractivity contribution >= 4 is 39.5 Å². The Labute approximate surface area is 167 Å². The van der Waals surface area contributed by atoms with Gasteiger partial charge in [-0.3, -0.25) is 4.79 Å². The van der Waals surface area contributed by atoms with E-state index in [9.17, 15) is 9.59 Å². The molecule has 2 aliphatic heterocycles. The van der Waals surface area contributed by atoms with Crippen LogP contribution in [-0.4, -0.2) is 40.6 Å². The molecule has 3 rings (SSSR count). The number of amides is 2. The van der Waals surface area contributed by atoms with Crippen molar-refractivity contribution in [3.63, 3.8) is 0 Å². The molecule has 0 aromatic heterocycles. The number of carbonyl (C=O) groups is 2. The van der Waals surface area contributed by atoms with Crippen LogP contribution in [0.5, 0.6) is 0 Å². The van der Waals surface area contributed by atoms with E-state index in [4.69, 9.17) is 16.3 Å². The summed E-state index contributed by atoms with van der Waals surface area (Å²) in [6.07, 6.45) is 3.07. The fourth-order valence-corrected chi connectivity index (χ4v) is 4.38. The average Bonchev–Trinajstić information content (AvgIpc) is 2.78. The largest absolute Gasteiger partial charge is 0.444 e. The standard InChI is InChI=1S/C19H24BrClN2O3/c1-19(2,3)26-18(25)22-12-9-13-5-6-14(10-12)23(13)17(24)11-4-7-16(21)15(20)8-11/h4,7-8,12-14H,5-6,9-10H2,1-3H3,(H,22,25). The van der Waals surface area contributed by atoms with Crippen LogP contribution in [0.15, 0.2) is 22.7 Å². The van der Waals surface area contributed by atoms with Gasteiger partial charge in [0.05, 0.1) is 5.02 Å². The van der Waals surface area contributed by atoms with E-state index in [2.05, 4.69) is 21.2 Å². The molecule has 0 saturated carbocycles. The number of hydrogen-bond donors (Lipinski definition) is 1. The minimum absolute atomic E-state index is 0.0329. The molecule has 142 valence electrons. The summed E-state index contributed by atoms with van der Waals surface area (Å²) < 4.78 is 6.07. The molecular formula is C19H24BrClN2O3. The van der Waals surface area contributed by atoms with Crippen LogP contribution in [0.25, 0.3) is 0 Å². The lowest BCUT2D eigenvalue weighted by Gasteiger charge is -2.39. The fourth-order valence-electron chi connectivity index (χ4n) is 3.88. The van der Waals surface area contributed by atoms with Gasteiger partial charge in [0.2, 0.25) is 0 Å². The zero-order valence-corrected chi connectivity index (χ0v) is 17.6. The van der Waals surface area contributed by atoms with Gasteiger partial charge in [-0.15, -0.1) is 0 Å². The molecule has 26 heavy (non-hydrogen) atoms. The molecule has 2 aliphatic rings. The first kappa shape index (κ1) is 19.5. The molecule has 2 unspecified atom stereocenters. The van der Waals surface area contributed by atoms with Crippen molar-refractivity contribution in [2.45, 2.75) is 70.2 Å². The van der Waals surface area contributed by atoms with Gasteiger partial charge in [-0.25, -0.2) is 4.79 Å². The molecule has 0 aliphatic carbocycles. The Morgan fingerprint density at radius 2 is 1.85 bits per heavy atom. The fraction of sp³-hybridized carbons (Fsp3) is 0.579. The molecule has 2 atom stereocenters. The highest BCUT2D eigenvalue weighted by Gasteiger charge is 2.44. The Hall–Kier alpha value is -1.27. The van der Waals surface area contributed by atoms with Crippen molar-refractivity contribution in [1.29, 1.82) is 0 Å². The van der Waals surface area contributed by atoms with Crippen molar-refractivity contribution < 1.29 is 14.3 Å². The average molecular weight is 444 g/mol. The van der Waals surface area contributed by atoms with E-state index in [1.165, 1.54) is 0 Å². The number of piperidine rings is 1. The molecule has 2 bridgehead atoms. The zero-order valence-electron chi connectivity index (χ0n) is 15.2. The molecule has 2 fully saturated rings. The molecule has 1 aromatic carbocycles. The van der Waals surface area contributed by atoms with Crippen molar-refractivity contribution in [3.8, 4) is 0 Å². The Kier molecular flexibility index (Phi) is 5.54. The Morgan fingerprint density at radius 1 is 1.23 bits per heavy atom. The van der Waals surface area contributed by atoms with E-state index in [-0.39, 0.29) is 30.1 Å².